The number of hydrazine groups is 1. The first-order valence-electron chi connectivity index (χ1n) is 12.1. The Morgan fingerprint density at radius 1 is 0.697 bits per heavy atom. The van der Waals surface area contributed by atoms with E-state index < -0.39 is 0 Å². The number of hydrogen-bond acceptors (Lipinski definition) is 9. The first kappa shape index (κ1) is 29.7. The van der Waals surface area contributed by atoms with E-state index in [4.69, 9.17) is 24.1 Å². The zero-order valence-electron chi connectivity index (χ0n) is 20.1. The van der Waals surface area contributed by atoms with Crippen LogP contribution in [-0.4, -0.2) is 95.1 Å². The van der Waals surface area contributed by atoms with Gasteiger partial charge < -0.3 is 34.7 Å². The fraction of sp³-hybridized carbons (Fsp3) is 0.909. The number of nitrogens with one attached hydrogen (secondary N) is 4. The summed E-state index contributed by atoms with van der Waals surface area (Å²) in [6, 6.07) is 0. The van der Waals surface area contributed by atoms with Gasteiger partial charge in [-0.1, -0.05) is 12.8 Å². The van der Waals surface area contributed by atoms with E-state index in [1.165, 1.54) is 0 Å². The molecule has 11 heteroatoms. The molecule has 0 aromatic rings. The third kappa shape index (κ3) is 19.8. The lowest BCUT2D eigenvalue weighted by molar-refractivity contribution is -0.122. The molecule has 2 amide bonds. The van der Waals surface area contributed by atoms with Crippen LogP contribution in [0.1, 0.15) is 51.9 Å². The van der Waals surface area contributed by atoms with E-state index in [0.717, 1.165) is 32.1 Å². The van der Waals surface area contributed by atoms with Crippen molar-refractivity contribution in [1.29, 1.82) is 0 Å². The zero-order valence-corrected chi connectivity index (χ0v) is 20.1. The highest BCUT2D eigenvalue weighted by atomic mass is 16.6. The number of rotatable bonds is 24. The second kappa shape index (κ2) is 20.1. The minimum absolute atomic E-state index is 0.00541. The van der Waals surface area contributed by atoms with Crippen molar-refractivity contribution < 1.29 is 33.6 Å². The van der Waals surface area contributed by atoms with Gasteiger partial charge in [-0.2, -0.15) is 0 Å². The van der Waals surface area contributed by atoms with E-state index in [9.17, 15) is 9.59 Å². The van der Waals surface area contributed by atoms with Crippen molar-refractivity contribution in [1.82, 2.24) is 21.5 Å². The van der Waals surface area contributed by atoms with Crippen molar-refractivity contribution in [3.05, 3.63) is 0 Å². The monoisotopic (exact) mass is 476 g/mol. The van der Waals surface area contributed by atoms with Crippen LogP contribution in [0, 0.1) is 0 Å². The summed E-state index contributed by atoms with van der Waals surface area (Å²) in [7, 11) is 0. The van der Waals surface area contributed by atoms with Crippen molar-refractivity contribution in [2.75, 3.05) is 72.6 Å². The standard InChI is InChI=1S/C22H44N4O7/c1-22(25-26-22)8-6-20(28)24-10-13-31-15-17-33-19-18-32-16-14-30-12-7-21(29)23-9-4-2-3-5-11-27/h25-27H,2-19H2,1H3,(H,23,29)(H,24,28). The van der Waals surface area contributed by atoms with Crippen molar-refractivity contribution in [2.24, 2.45) is 0 Å². The summed E-state index contributed by atoms with van der Waals surface area (Å²) in [5.74, 6) is 0.0198. The zero-order chi connectivity index (χ0) is 24.0. The predicted molar refractivity (Wildman–Crippen MR) is 123 cm³/mol. The lowest BCUT2D eigenvalue weighted by Crippen LogP contribution is -2.29. The molecule has 0 aliphatic carbocycles. The van der Waals surface area contributed by atoms with E-state index in [-0.39, 0.29) is 24.1 Å². The summed E-state index contributed by atoms with van der Waals surface area (Å²) >= 11 is 0. The van der Waals surface area contributed by atoms with Gasteiger partial charge in [-0.3, -0.25) is 9.59 Å². The molecule has 194 valence electrons. The van der Waals surface area contributed by atoms with Crippen LogP contribution in [0.3, 0.4) is 0 Å². The Balaban J connectivity index is 1.70. The SMILES string of the molecule is CC1(CCC(=O)NCCOCCOCCOCCOCCC(=O)NCCCCCCO)NN1. The van der Waals surface area contributed by atoms with Gasteiger partial charge in [-0.15, -0.1) is 0 Å². The molecule has 33 heavy (non-hydrogen) atoms. The minimum atomic E-state index is -0.0817. The number of hydrogen-bond donors (Lipinski definition) is 5. The van der Waals surface area contributed by atoms with Gasteiger partial charge in [0.15, 0.2) is 0 Å². The molecule has 1 saturated heterocycles. The molecule has 0 bridgehead atoms. The second-order valence-corrected chi connectivity index (χ2v) is 8.12. The molecule has 0 atom stereocenters. The maximum Gasteiger partial charge on any atom is 0.222 e. The molecule has 1 fully saturated rings. The molecular formula is C22H44N4O7. The summed E-state index contributed by atoms with van der Waals surface area (Å²) < 4.78 is 21.6. The third-order valence-electron chi connectivity index (χ3n) is 4.97. The Morgan fingerprint density at radius 2 is 1.21 bits per heavy atom. The normalized spacial score (nSPS) is 14.2. The van der Waals surface area contributed by atoms with Crippen LogP contribution in [-0.2, 0) is 28.5 Å². The van der Waals surface area contributed by atoms with Crippen LogP contribution < -0.4 is 21.5 Å². The topological polar surface area (TPSA) is 159 Å². The highest BCUT2D eigenvalue weighted by Crippen LogP contribution is 2.15. The quantitative estimate of drug-likeness (QED) is 0.0941. The Morgan fingerprint density at radius 3 is 1.82 bits per heavy atom. The van der Waals surface area contributed by atoms with E-state index in [1.807, 2.05) is 6.92 Å². The summed E-state index contributed by atoms with van der Waals surface area (Å²) in [4.78, 5) is 23.3. The molecule has 0 spiro atoms. The van der Waals surface area contributed by atoms with Crippen molar-refractivity contribution in [3.63, 3.8) is 0 Å². The van der Waals surface area contributed by atoms with Crippen LogP contribution in [0.15, 0.2) is 0 Å². The first-order chi connectivity index (χ1) is 16.1. The molecule has 1 aliphatic heterocycles. The van der Waals surface area contributed by atoms with Crippen LogP contribution in [0.25, 0.3) is 0 Å². The Bertz CT molecular complexity index is 507. The van der Waals surface area contributed by atoms with Gasteiger partial charge in [-0.05, 0) is 26.2 Å². The third-order valence-corrected chi connectivity index (χ3v) is 4.97. The lowest BCUT2D eigenvalue weighted by Gasteiger charge is -2.09. The molecule has 1 aliphatic rings. The summed E-state index contributed by atoms with van der Waals surface area (Å²) in [6.45, 7) is 7.02. The number of aliphatic hydroxyl groups is 1. The number of carbonyl (C=O) groups excluding carboxylic acids is 2. The lowest BCUT2D eigenvalue weighted by atomic mass is 10.1. The smallest absolute Gasteiger partial charge is 0.222 e. The van der Waals surface area contributed by atoms with E-state index in [1.54, 1.807) is 0 Å². The van der Waals surface area contributed by atoms with Crippen LogP contribution in [0.5, 0.6) is 0 Å². The highest BCUT2D eigenvalue weighted by molar-refractivity contribution is 5.76. The Kier molecular flexibility index (Phi) is 18.1. The average molecular weight is 477 g/mol. The predicted octanol–water partition coefficient (Wildman–Crippen LogP) is -0.168. The van der Waals surface area contributed by atoms with Crippen LogP contribution in [0.2, 0.25) is 0 Å². The summed E-state index contributed by atoms with van der Waals surface area (Å²) in [6.07, 6.45) is 5.34. The second-order valence-electron chi connectivity index (χ2n) is 8.12. The Hall–Kier alpha value is -1.34. The van der Waals surface area contributed by atoms with Crippen LogP contribution in [0.4, 0.5) is 0 Å². The maximum atomic E-state index is 11.6. The molecule has 5 N–H and O–H groups in total. The molecule has 1 heterocycles. The van der Waals surface area contributed by atoms with Gasteiger partial charge in [0.25, 0.3) is 0 Å². The van der Waals surface area contributed by atoms with Gasteiger partial charge >= 0.3 is 0 Å². The van der Waals surface area contributed by atoms with Crippen molar-refractivity contribution in [3.8, 4) is 0 Å². The largest absolute Gasteiger partial charge is 0.396 e. The van der Waals surface area contributed by atoms with Crippen molar-refractivity contribution >= 4 is 11.8 Å². The maximum absolute atomic E-state index is 11.6. The number of ether oxygens (including phenoxy) is 4. The van der Waals surface area contributed by atoms with E-state index in [0.29, 0.717) is 78.8 Å². The van der Waals surface area contributed by atoms with Crippen LogP contribution >= 0.6 is 0 Å². The first-order valence-corrected chi connectivity index (χ1v) is 12.1. The highest BCUT2D eigenvalue weighted by Gasteiger charge is 2.35. The number of aliphatic hydroxyl groups excluding tert-OH is 1. The molecule has 11 nitrogen and oxygen atoms in total. The van der Waals surface area contributed by atoms with Gasteiger partial charge in [0.05, 0.1) is 58.5 Å². The molecule has 0 saturated carbocycles. The summed E-state index contributed by atoms with van der Waals surface area (Å²) in [5, 5.41) is 14.4. The van der Waals surface area contributed by atoms with E-state index >= 15 is 0 Å². The molecule has 0 aromatic carbocycles. The average Bonchev–Trinajstić information content (AvgIpc) is 3.54. The minimum Gasteiger partial charge on any atom is -0.396 e. The molecular weight excluding hydrogens is 432 g/mol. The number of carbonyl (C=O) groups is 2. The number of unbranched alkanes of at least 4 members (excludes halogenated alkanes) is 3. The molecule has 0 unspecified atom stereocenters. The van der Waals surface area contributed by atoms with Crippen molar-refractivity contribution in [2.45, 2.75) is 57.5 Å². The fourth-order valence-electron chi connectivity index (χ4n) is 2.78. The molecule has 0 aromatic heterocycles. The molecule has 0 radical (unpaired) electrons. The van der Waals surface area contributed by atoms with Gasteiger partial charge in [0.2, 0.25) is 11.8 Å². The Labute approximate surface area is 197 Å². The number of amides is 2. The van der Waals surface area contributed by atoms with Gasteiger partial charge in [0, 0.05) is 32.5 Å². The fourth-order valence-corrected chi connectivity index (χ4v) is 2.78. The van der Waals surface area contributed by atoms with Gasteiger partial charge in [-0.25, -0.2) is 10.9 Å². The summed E-state index contributed by atoms with van der Waals surface area (Å²) in [5.41, 5.74) is 5.92. The van der Waals surface area contributed by atoms with Gasteiger partial charge in [0.1, 0.15) is 0 Å². The van der Waals surface area contributed by atoms with E-state index in [2.05, 4.69) is 21.5 Å². The molecule has 1 rings (SSSR count).